The molecule has 0 fully saturated rings. The molecule has 0 amide bonds. The van der Waals surface area contributed by atoms with Crippen molar-refractivity contribution >= 4 is 17.6 Å². The molecule has 2 rings (SSSR count). The molecule has 1 aromatic carbocycles. The van der Waals surface area contributed by atoms with E-state index < -0.39 is 5.97 Å². The first-order valence-electron chi connectivity index (χ1n) is 5.72. The van der Waals surface area contributed by atoms with Gasteiger partial charge in [-0.1, -0.05) is 17.7 Å². The van der Waals surface area contributed by atoms with Crippen molar-refractivity contribution in [2.24, 2.45) is 0 Å². The molecule has 6 heteroatoms. The van der Waals surface area contributed by atoms with Crippen LogP contribution >= 0.6 is 11.6 Å². The molecule has 0 saturated carbocycles. The van der Waals surface area contributed by atoms with Crippen LogP contribution in [0.15, 0.2) is 24.4 Å². The van der Waals surface area contributed by atoms with Gasteiger partial charge in [-0.3, -0.25) is 0 Å². The van der Waals surface area contributed by atoms with E-state index in [-0.39, 0.29) is 18.7 Å². The van der Waals surface area contributed by atoms with Gasteiger partial charge in [0.25, 0.3) is 0 Å². The van der Waals surface area contributed by atoms with Gasteiger partial charge < -0.3 is 10.2 Å². The van der Waals surface area contributed by atoms with Crippen molar-refractivity contribution in [3.63, 3.8) is 0 Å². The van der Waals surface area contributed by atoms with Gasteiger partial charge >= 0.3 is 5.97 Å². The third-order valence-corrected chi connectivity index (χ3v) is 3.20. The second kappa shape index (κ2) is 5.42. The van der Waals surface area contributed by atoms with Crippen molar-refractivity contribution in [1.29, 1.82) is 0 Å². The molecule has 0 spiro atoms. The third kappa shape index (κ3) is 2.77. The predicted molar refractivity (Wildman–Crippen MR) is 71.1 cm³/mol. The SMILES string of the molecule is Cc1ccc(-n2cc(CCO)c(C(=O)O)n2)cc1Cl. The Hall–Kier alpha value is -1.85. The van der Waals surface area contributed by atoms with Crippen LogP contribution in [0.1, 0.15) is 21.6 Å². The lowest BCUT2D eigenvalue weighted by atomic mass is 10.2. The molecule has 0 aliphatic carbocycles. The van der Waals surface area contributed by atoms with Gasteiger partial charge in [0.15, 0.2) is 5.69 Å². The Bertz CT molecular complexity index is 622. The Kier molecular flexibility index (Phi) is 3.87. The van der Waals surface area contributed by atoms with Crippen molar-refractivity contribution < 1.29 is 15.0 Å². The Balaban J connectivity index is 2.47. The highest BCUT2D eigenvalue weighted by atomic mass is 35.5. The van der Waals surface area contributed by atoms with Crippen LogP contribution in [-0.2, 0) is 6.42 Å². The molecule has 0 bridgehead atoms. The zero-order chi connectivity index (χ0) is 14.0. The Morgan fingerprint density at radius 1 is 1.47 bits per heavy atom. The summed E-state index contributed by atoms with van der Waals surface area (Å²) < 4.78 is 1.46. The summed E-state index contributed by atoms with van der Waals surface area (Å²) in [7, 11) is 0. The number of carboxylic acids is 1. The predicted octanol–water partition coefficient (Wildman–Crippen LogP) is 2.07. The number of aromatic carboxylic acids is 1. The third-order valence-electron chi connectivity index (χ3n) is 2.79. The average molecular weight is 281 g/mol. The summed E-state index contributed by atoms with van der Waals surface area (Å²) in [5, 5.41) is 22.6. The number of rotatable bonds is 4. The van der Waals surface area contributed by atoms with Crippen molar-refractivity contribution in [2.75, 3.05) is 6.61 Å². The lowest BCUT2D eigenvalue weighted by Gasteiger charge is -2.03. The van der Waals surface area contributed by atoms with Gasteiger partial charge in [-0.15, -0.1) is 0 Å². The van der Waals surface area contributed by atoms with Gasteiger partial charge in [0.2, 0.25) is 0 Å². The minimum Gasteiger partial charge on any atom is -0.476 e. The van der Waals surface area contributed by atoms with Crippen molar-refractivity contribution in [2.45, 2.75) is 13.3 Å². The summed E-state index contributed by atoms with van der Waals surface area (Å²) in [6.45, 7) is 1.76. The smallest absolute Gasteiger partial charge is 0.356 e. The fourth-order valence-electron chi connectivity index (χ4n) is 1.75. The number of aromatic nitrogens is 2. The summed E-state index contributed by atoms with van der Waals surface area (Å²) in [5.74, 6) is -1.11. The second-order valence-electron chi connectivity index (χ2n) is 4.16. The van der Waals surface area contributed by atoms with E-state index in [1.807, 2.05) is 19.1 Å². The van der Waals surface area contributed by atoms with E-state index in [1.54, 1.807) is 12.3 Å². The zero-order valence-corrected chi connectivity index (χ0v) is 11.1. The van der Waals surface area contributed by atoms with Crippen molar-refractivity contribution in [3.05, 3.63) is 46.2 Å². The van der Waals surface area contributed by atoms with E-state index in [9.17, 15) is 4.79 Å². The molecule has 2 aromatic rings. The Morgan fingerprint density at radius 3 is 2.79 bits per heavy atom. The molecule has 0 saturated heterocycles. The number of hydrogen-bond donors (Lipinski definition) is 2. The quantitative estimate of drug-likeness (QED) is 0.899. The molecule has 0 atom stereocenters. The van der Waals surface area contributed by atoms with Crippen molar-refractivity contribution in [3.8, 4) is 5.69 Å². The first-order valence-corrected chi connectivity index (χ1v) is 6.10. The van der Waals surface area contributed by atoms with Crippen LogP contribution in [0.3, 0.4) is 0 Å². The Morgan fingerprint density at radius 2 is 2.21 bits per heavy atom. The van der Waals surface area contributed by atoms with E-state index in [2.05, 4.69) is 5.10 Å². The maximum Gasteiger partial charge on any atom is 0.356 e. The van der Waals surface area contributed by atoms with E-state index >= 15 is 0 Å². The molecule has 5 nitrogen and oxygen atoms in total. The molecule has 0 unspecified atom stereocenters. The highest BCUT2D eigenvalue weighted by Crippen LogP contribution is 2.20. The number of aryl methyl sites for hydroxylation is 1. The number of aliphatic hydroxyl groups excluding tert-OH is 1. The number of aliphatic hydroxyl groups is 1. The van der Waals surface area contributed by atoms with Crippen LogP contribution in [0.5, 0.6) is 0 Å². The molecular weight excluding hydrogens is 268 g/mol. The van der Waals surface area contributed by atoms with Crippen LogP contribution in [-0.4, -0.2) is 32.6 Å². The average Bonchev–Trinajstić information content (AvgIpc) is 2.77. The number of hydrogen-bond acceptors (Lipinski definition) is 3. The molecular formula is C13H13ClN2O3. The fraction of sp³-hybridized carbons (Fsp3) is 0.231. The number of benzene rings is 1. The van der Waals surface area contributed by atoms with E-state index in [0.717, 1.165) is 5.56 Å². The summed E-state index contributed by atoms with van der Waals surface area (Å²) in [5.41, 5.74) is 2.06. The molecule has 0 radical (unpaired) electrons. The number of carboxylic acid groups (broad SMARTS) is 1. The lowest BCUT2D eigenvalue weighted by Crippen LogP contribution is -2.03. The normalized spacial score (nSPS) is 10.7. The molecule has 19 heavy (non-hydrogen) atoms. The van der Waals surface area contributed by atoms with Crippen LogP contribution in [0.2, 0.25) is 5.02 Å². The van der Waals surface area contributed by atoms with E-state index in [1.165, 1.54) is 4.68 Å². The standard InChI is InChI=1S/C13H13ClN2O3/c1-8-2-3-10(6-11(8)14)16-7-9(4-5-17)12(15-16)13(18)19/h2-3,6-7,17H,4-5H2,1H3,(H,18,19). The topological polar surface area (TPSA) is 75.4 Å². The number of halogens is 1. The molecule has 0 aliphatic rings. The number of nitrogens with zero attached hydrogens (tertiary/aromatic N) is 2. The molecule has 2 N–H and O–H groups in total. The first kappa shape index (κ1) is 13.6. The van der Waals surface area contributed by atoms with E-state index in [4.69, 9.17) is 21.8 Å². The monoisotopic (exact) mass is 280 g/mol. The van der Waals surface area contributed by atoms with Crippen LogP contribution in [0, 0.1) is 6.92 Å². The van der Waals surface area contributed by atoms with Gasteiger partial charge in [0.05, 0.1) is 5.69 Å². The zero-order valence-electron chi connectivity index (χ0n) is 10.3. The number of carbonyl (C=O) groups is 1. The van der Waals surface area contributed by atoms with Crippen LogP contribution in [0.25, 0.3) is 5.69 Å². The maximum atomic E-state index is 11.1. The minimum absolute atomic E-state index is 0.0502. The van der Waals surface area contributed by atoms with Gasteiger partial charge in [0, 0.05) is 23.4 Å². The summed E-state index contributed by atoms with van der Waals surface area (Å²) in [4.78, 5) is 11.1. The fourth-order valence-corrected chi connectivity index (χ4v) is 1.92. The largest absolute Gasteiger partial charge is 0.476 e. The van der Waals surface area contributed by atoms with Gasteiger partial charge in [0.1, 0.15) is 0 Å². The Labute approximate surface area is 115 Å². The van der Waals surface area contributed by atoms with Crippen molar-refractivity contribution in [1.82, 2.24) is 9.78 Å². The lowest BCUT2D eigenvalue weighted by molar-refractivity contribution is 0.0688. The molecule has 1 aromatic heterocycles. The summed E-state index contributed by atoms with van der Waals surface area (Å²) in [6, 6.07) is 5.37. The summed E-state index contributed by atoms with van der Waals surface area (Å²) in [6.07, 6.45) is 1.85. The van der Waals surface area contributed by atoms with Crippen LogP contribution < -0.4 is 0 Å². The molecule has 0 aliphatic heterocycles. The van der Waals surface area contributed by atoms with Gasteiger partial charge in [-0.2, -0.15) is 5.10 Å². The summed E-state index contributed by atoms with van der Waals surface area (Å²) >= 11 is 6.04. The van der Waals surface area contributed by atoms with E-state index in [0.29, 0.717) is 16.3 Å². The second-order valence-corrected chi connectivity index (χ2v) is 4.57. The van der Waals surface area contributed by atoms with Gasteiger partial charge in [-0.25, -0.2) is 9.48 Å². The van der Waals surface area contributed by atoms with Gasteiger partial charge in [-0.05, 0) is 31.0 Å². The highest BCUT2D eigenvalue weighted by molar-refractivity contribution is 6.31. The first-order chi connectivity index (χ1) is 9.02. The minimum atomic E-state index is -1.11. The molecule has 1 heterocycles. The maximum absolute atomic E-state index is 11.1. The molecule has 100 valence electrons. The highest BCUT2D eigenvalue weighted by Gasteiger charge is 2.16. The van der Waals surface area contributed by atoms with Crippen LogP contribution in [0.4, 0.5) is 0 Å².